The highest BCUT2D eigenvalue weighted by Crippen LogP contribution is 2.26. The normalized spacial score (nSPS) is 29.2. The predicted octanol–water partition coefficient (Wildman–Crippen LogP) is 2.48. The summed E-state index contributed by atoms with van der Waals surface area (Å²) in [6.45, 7) is 4.85. The van der Waals surface area contributed by atoms with E-state index < -0.39 is 0 Å². The van der Waals surface area contributed by atoms with E-state index in [9.17, 15) is 0 Å². The van der Waals surface area contributed by atoms with Crippen molar-refractivity contribution in [1.82, 2.24) is 10.2 Å². The number of hydrogen-bond donors (Lipinski definition) is 1. The minimum atomic E-state index is 0.757. The van der Waals surface area contributed by atoms with Gasteiger partial charge in [0.15, 0.2) is 0 Å². The van der Waals surface area contributed by atoms with Gasteiger partial charge in [0.2, 0.25) is 0 Å². The van der Waals surface area contributed by atoms with Crippen LogP contribution in [0.4, 0.5) is 0 Å². The molecule has 0 saturated carbocycles. The maximum absolute atomic E-state index is 3.66. The fourth-order valence-corrected chi connectivity index (χ4v) is 3.47. The predicted molar refractivity (Wildman–Crippen MR) is 79.0 cm³/mol. The Kier molecular flexibility index (Phi) is 3.68. The summed E-state index contributed by atoms with van der Waals surface area (Å²) in [6.07, 6.45) is 2.78. The van der Waals surface area contributed by atoms with Gasteiger partial charge in [0, 0.05) is 29.2 Å². The van der Waals surface area contributed by atoms with Crippen LogP contribution in [0.15, 0.2) is 24.3 Å². The van der Waals surface area contributed by atoms with Crippen molar-refractivity contribution in [2.75, 3.05) is 19.6 Å². The average molecular weight is 342 g/mol. The molecule has 92 valence electrons. The molecule has 2 heterocycles. The molecule has 2 atom stereocenters. The van der Waals surface area contributed by atoms with Crippen LogP contribution in [-0.4, -0.2) is 30.6 Å². The Hall–Kier alpha value is -0.130. The van der Waals surface area contributed by atoms with Gasteiger partial charge in [-0.1, -0.05) is 12.1 Å². The largest absolute Gasteiger partial charge is 0.312 e. The van der Waals surface area contributed by atoms with Crippen LogP contribution < -0.4 is 5.32 Å². The molecule has 1 aromatic carbocycles. The lowest BCUT2D eigenvalue weighted by Gasteiger charge is -2.24. The molecule has 1 aromatic rings. The third-order valence-corrected chi connectivity index (χ3v) is 4.71. The Morgan fingerprint density at radius 3 is 2.82 bits per heavy atom. The van der Waals surface area contributed by atoms with E-state index in [-0.39, 0.29) is 0 Å². The molecular weight excluding hydrogens is 323 g/mol. The first-order chi connectivity index (χ1) is 8.31. The molecule has 2 aliphatic heterocycles. The van der Waals surface area contributed by atoms with E-state index >= 15 is 0 Å². The van der Waals surface area contributed by atoms with Crippen molar-refractivity contribution in [3.05, 3.63) is 33.4 Å². The van der Waals surface area contributed by atoms with Gasteiger partial charge in [-0.25, -0.2) is 0 Å². The van der Waals surface area contributed by atoms with Gasteiger partial charge in [0.25, 0.3) is 0 Å². The number of piperidine rings is 1. The standard InChI is InChI=1S/C14H19IN2/c15-13-5-3-11(4-6-13)8-17-9-12-2-1-7-16-14(12)10-17/h3-6,12,14,16H,1-2,7-10H2. The van der Waals surface area contributed by atoms with E-state index in [1.165, 1.54) is 41.6 Å². The van der Waals surface area contributed by atoms with Crippen LogP contribution in [0, 0.1) is 9.49 Å². The number of nitrogens with zero attached hydrogens (tertiary/aromatic N) is 1. The molecule has 0 aliphatic carbocycles. The average Bonchev–Trinajstić information content (AvgIpc) is 2.74. The number of fused-ring (bicyclic) bond motifs is 1. The number of halogens is 1. The Labute approximate surface area is 117 Å². The van der Waals surface area contributed by atoms with Crippen molar-refractivity contribution in [2.45, 2.75) is 25.4 Å². The van der Waals surface area contributed by atoms with Crippen molar-refractivity contribution < 1.29 is 0 Å². The van der Waals surface area contributed by atoms with Gasteiger partial charge in [-0.05, 0) is 65.6 Å². The maximum Gasteiger partial charge on any atom is 0.0235 e. The Morgan fingerprint density at radius 2 is 2.06 bits per heavy atom. The smallest absolute Gasteiger partial charge is 0.0235 e. The monoisotopic (exact) mass is 342 g/mol. The van der Waals surface area contributed by atoms with E-state index in [1.807, 2.05) is 0 Å². The van der Waals surface area contributed by atoms with Gasteiger partial charge in [-0.2, -0.15) is 0 Å². The Bertz CT molecular complexity index is 362. The molecule has 0 amide bonds. The molecule has 3 rings (SSSR count). The van der Waals surface area contributed by atoms with Gasteiger partial charge in [0.05, 0.1) is 0 Å². The van der Waals surface area contributed by atoms with Gasteiger partial charge in [0.1, 0.15) is 0 Å². The third-order valence-electron chi connectivity index (χ3n) is 3.99. The summed E-state index contributed by atoms with van der Waals surface area (Å²) in [5.74, 6) is 0.896. The molecule has 2 unspecified atom stereocenters. The molecule has 0 aromatic heterocycles. The van der Waals surface area contributed by atoms with Crippen LogP contribution in [0.25, 0.3) is 0 Å². The highest BCUT2D eigenvalue weighted by Gasteiger charge is 2.33. The van der Waals surface area contributed by atoms with E-state index in [1.54, 1.807) is 0 Å². The van der Waals surface area contributed by atoms with Gasteiger partial charge < -0.3 is 5.32 Å². The second-order valence-corrected chi connectivity index (χ2v) is 6.53. The van der Waals surface area contributed by atoms with Crippen LogP contribution in [0.2, 0.25) is 0 Å². The van der Waals surface area contributed by atoms with E-state index in [2.05, 4.69) is 57.1 Å². The first-order valence-corrected chi connectivity index (χ1v) is 7.59. The SMILES string of the molecule is Ic1ccc(CN2CC3CCCNC3C2)cc1. The first-order valence-electron chi connectivity index (χ1n) is 6.51. The zero-order valence-corrected chi connectivity index (χ0v) is 12.2. The number of nitrogens with one attached hydrogen (secondary N) is 1. The van der Waals surface area contributed by atoms with E-state index in [0.29, 0.717) is 0 Å². The van der Waals surface area contributed by atoms with Crippen molar-refractivity contribution >= 4 is 22.6 Å². The molecule has 0 bridgehead atoms. The molecule has 17 heavy (non-hydrogen) atoms. The molecular formula is C14H19IN2. The summed E-state index contributed by atoms with van der Waals surface area (Å²) in [5.41, 5.74) is 1.45. The van der Waals surface area contributed by atoms with Gasteiger partial charge in [-0.15, -0.1) is 0 Å². The van der Waals surface area contributed by atoms with Crippen molar-refractivity contribution in [2.24, 2.45) is 5.92 Å². The number of benzene rings is 1. The Morgan fingerprint density at radius 1 is 1.24 bits per heavy atom. The zero-order chi connectivity index (χ0) is 11.7. The molecule has 2 aliphatic rings. The summed E-state index contributed by atoms with van der Waals surface area (Å²) >= 11 is 2.36. The van der Waals surface area contributed by atoms with Crippen LogP contribution in [0.5, 0.6) is 0 Å². The summed E-state index contributed by atoms with van der Waals surface area (Å²) in [4.78, 5) is 2.61. The van der Waals surface area contributed by atoms with Crippen molar-refractivity contribution in [1.29, 1.82) is 0 Å². The maximum atomic E-state index is 3.66. The lowest BCUT2D eigenvalue weighted by atomic mass is 9.94. The number of rotatable bonds is 2. The lowest BCUT2D eigenvalue weighted by Crippen LogP contribution is -2.40. The van der Waals surface area contributed by atoms with Gasteiger partial charge >= 0.3 is 0 Å². The minimum absolute atomic E-state index is 0.757. The van der Waals surface area contributed by atoms with E-state index in [4.69, 9.17) is 0 Å². The summed E-state index contributed by atoms with van der Waals surface area (Å²) in [7, 11) is 0. The van der Waals surface area contributed by atoms with E-state index in [0.717, 1.165) is 18.5 Å². The second kappa shape index (κ2) is 5.24. The van der Waals surface area contributed by atoms with Crippen LogP contribution >= 0.6 is 22.6 Å². The Balaban J connectivity index is 1.61. The van der Waals surface area contributed by atoms with Crippen molar-refractivity contribution in [3.63, 3.8) is 0 Å². The first kappa shape index (κ1) is 11.9. The zero-order valence-electron chi connectivity index (χ0n) is 10.0. The highest BCUT2D eigenvalue weighted by molar-refractivity contribution is 14.1. The quantitative estimate of drug-likeness (QED) is 0.831. The van der Waals surface area contributed by atoms with Crippen LogP contribution in [-0.2, 0) is 6.54 Å². The fraction of sp³-hybridized carbons (Fsp3) is 0.571. The lowest BCUT2D eigenvalue weighted by molar-refractivity contribution is 0.312. The van der Waals surface area contributed by atoms with Crippen molar-refractivity contribution in [3.8, 4) is 0 Å². The number of likely N-dealkylation sites (tertiary alicyclic amines) is 1. The summed E-state index contributed by atoms with van der Waals surface area (Å²) in [5, 5.41) is 3.66. The molecule has 0 spiro atoms. The topological polar surface area (TPSA) is 15.3 Å². The summed E-state index contributed by atoms with van der Waals surface area (Å²) < 4.78 is 1.32. The summed E-state index contributed by atoms with van der Waals surface area (Å²) in [6, 6.07) is 9.69. The molecule has 2 saturated heterocycles. The number of hydrogen-bond acceptors (Lipinski definition) is 2. The molecule has 0 radical (unpaired) electrons. The molecule has 2 fully saturated rings. The molecule has 2 nitrogen and oxygen atoms in total. The minimum Gasteiger partial charge on any atom is -0.312 e. The molecule has 3 heteroatoms. The van der Waals surface area contributed by atoms with Crippen LogP contribution in [0.1, 0.15) is 18.4 Å². The second-order valence-electron chi connectivity index (χ2n) is 5.28. The fourth-order valence-electron chi connectivity index (χ4n) is 3.11. The third kappa shape index (κ3) is 2.83. The highest BCUT2D eigenvalue weighted by atomic mass is 127. The van der Waals surface area contributed by atoms with Gasteiger partial charge in [-0.3, -0.25) is 4.90 Å². The molecule has 1 N–H and O–H groups in total. The van der Waals surface area contributed by atoms with Crippen LogP contribution in [0.3, 0.4) is 0 Å².